The highest BCUT2D eigenvalue weighted by Crippen LogP contribution is 2.38. The van der Waals surface area contributed by atoms with Crippen LogP contribution in [0.5, 0.6) is 0 Å². The van der Waals surface area contributed by atoms with E-state index in [0.29, 0.717) is 25.0 Å². The molecule has 0 bridgehead atoms. The summed E-state index contributed by atoms with van der Waals surface area (Å²) in [6.07, 6.45) is 3.03. The summed E-state index contributed by atoms with van der Waals surface area (Å²) in [7, 11) is 0. The number of rotatable bonds is 6. The fourth-order valence-electron chi connectivity index (χ4n) is 4.04. The molecular weight excluding hydrogens is 435 g/mol. The van der Waals surface area contributed by atoms with E-state index in [4.69, 9.17) is 4.42 Å². The Kier molecular flexibility index (Phi) is 8.53. The van der Waals surface area contributed by atoms with E-state index >= 15 is 0 Å². The number of allylic oxidation sites excluding steroid dienone is 4. The van der Waals surface area contributed by atoms with Crippen LogP contribution in [-0.2, 0) is 6.42 Å². The van der Waals surface area contributed by atoms with Gasteiger partial charge in [-0.05, 0) is 48.6 Å². The molecule has 32 heavy (non-hydrogen) atoms. The van der Waals surface area contributed by atoms with Gasteiger partial charge in [0, 0.05) is 36.3 Å². The van der Waals surface area contributed by atoms with Gasteiger partial charge in [0.1, 0.15) is 5.58 Å². The number of halogens is 3. The minimum Gasteiger partial charge on any atom is -0.464 e. The average Bonchev–Trinajstić information content (AvgIpc) is 3.22. The molecule has 3 nitrogen and oxygen atoms in total. The lowest BCUT2D eigenvalue weighted by molar-refractivity contribution is -0.0940. The molecule has 1 saturated heterocycles. The highest BCUT2D eigenvalue weighted by Gasteiger charge is 2.35. The Hall–Kier alpha value is -1.70. The number of furan rings is 1. The van der Waals surface area contributed by atoms with Crippen molar-refractivity contribution in [3.05, 3.63) is 58.7 Å². The maximum atomic E-state index is 12.7. The van der Waals surface area contributed by atoms with E-state index in [2.05, 4.69) is 11.0 Å². The van der Waals surface area contributed by atoms with E-state index in [1.54, 1.807) is 6.08 Å². The number of hydrogen-bond donors (Lipinski definition) is 1. The first-order valence-corrected chi connectivity index (χ1v) is 12.3. The number of alkyl halides is 3. The van der Waals surface area contributed by atoms with Crippen LogP contribution < -0.4 is 0 Å². The summed E-state index contributed by atoms with van der Waals surface area (Å²) in [4.78, 5) is 3.28. The smallest absolute Gasteiger partial charge is 0.412 e. The molecule has 2 heterocycles. The summed E-state index contributed by atoms with van der Waals surface area (Å²) >= 11 is 1.50. The first kappa shape index (κ1) is 24.9. The summed E-state index contributed by atoms with van der Waals surface area (Å²) in [6, 6.07) is 8.03. The number of nitrogens with zero attached hydrogens (tertiary/aromatic N) is 1. The summed E-state index contributed by atoms with van der Waals surface area (Å²) in [5, 5.41) is 12.1. The molecule has 0 radical (unpaired) electrons. The van der Waals surface area contributed by atoms with Gasteiger partial charge in [-0.25, -0.2) is 0 Å². The molecule has 2 aromatic rings. The minimum atomic E-state index is -4.24. The van der Waals surface area contributed by atoms with Crippen molar-refractivity contribution in [2.75, 3.05) is 25.4 Å². The third-order valence-electron chi connectivity index (χ3n) is 6.05. The number of benzene rings is 1. The van der Waals surface area contributed by atoms with Gasteiger partial charge >= 0.3 is 6.18 Å². The van der Waals surface area contributed by atoms with Crippen molar-refractivity contribution in [1.82, 2.24) is 4.90 Å². The van der Waals surface area contributed by atoms with Crippen molar-refractivity contribution in [2.45, 2.75) is 57.7 Å². The molecule has 176 valence electrons. The molecule has 1 aromatic heterocycles. The standard InChI is InChI=1S/C23H26F3NO2S.C2H6/c24-23(25,26)18-5-7-19(8-6-18)30-16-22(28)10-13-27(14-11-22)12-9-17-15-29-21-4-2-1-3-20(17)21;1-2/h1-5,7,15,28H,6,8-14,16H2;1-2H3. The van der Waals surface area contributed by atoms with E-state index in [1.807, 2.05) is 38.3 Å². The second kappa shape index (κ2) is 10.9. The molecular formula is C25H32F3NO2S. The number of likely N-dealkylation sites (tertiary alicyclic amines) is 1. The van der Waals surface area contributed by atoms with Crippen LogP contribution in [0, 0.1) is 0 Å². The number of thioether (sulfide) groups is 1. The van der Waals surface area contributed by atoms with Gasteiger partial charge in [0.2, 0.25) is 0 Å². The van der Waals surface area contributed by atoms with Gasteiger partial charge in [-0.15, -0.1) is 11.8 Å². The summed E-state index contributed by atoms with van der Waals surface area (Å²) in [5.74, 6) is 0.536. The Morgan fingerprint density at radius 3 is 2.47 bits per heavy atom. The molecule has 1 aliphatic heterocycles. The topological polar surface area (TPSA) is 36.6 Å². The van der Waals surface area contributed by atoms with Gasteiger partial charge in [0.05, 0.1) is 11.9 Å². The third kappa shape index (κ3) is 6.42. The predicted molar refractivity (Wildman–Crippen MR) is 126 cm³/mol. The van der Waals surface area contributed by atoms with Crippen molar-refractivity contribution in [2.24, 2.45) is 0 Å². The monoisotopic (exact) mass is 467 g/mol. The van der Waals surface area contributed by atoms with Crippen molar-refractivity contribution in [3.8, 4) is 0 Å². The minimum absolute atomic E-state index is 0.0250. The van der Waals surface area contributed by atoms with E-state index in [0.717, 1.165) is 41.9 Å². The highest BCUT2D eigenvalue weighted by atomic mass is 32.2. The number of hydrogen-bond acceptors (Lipinski definition) is 4. The predicted octanol–water partition coefficient (Wildman–Crippen LogP) is 6.73. The zero-order valence-corrected chi connectivity index (χ0v) is 19.6. The van der Waals surface area contributed by atoms with E-state index in [9.17, 15) is 18.3 Å². The summed E-state index contributed by atoms with van der Waals surface area (Å²) < 4.78 is 43.8. The van der Waals surface area contributed by atoms with Crippen LogP contribution in [-0.4, -0.2) is 47.2 Å². The van der Waals surface area contributed by atoms with Gasteiger partial charge < -0.3 is 14.4 Å². The number of para-hydroxylation sites is 1. The SMILES string of the molecule is CC.OC1(CSC2=CC=C(C(F)(F)F)CC2)CCN(CCc2coc3ccccc23)CC1. The van der Waals surface area contributed by atoms with E-state index in [-0.39, 0.29) is 6.42 Å². The number of fused-ring (bicyclic) bond motifs is 1. The fraction of sp³-hybridized carbons (Fsp3) is 0.520. The number of aliphatic hydroxyl groups is 1. The molecule has 0 atom stereocenters. The normalized spacial score (nSPS) is 19.2. The van der Waals surface area contributed by atoms with Gasteiger partial charge in [-0.3, -0.25) is 0 Å². The van der Waals surface area contributed by atoms with Gasteiger partial charge in [0.15, 0.2) is 0 Å². The van der Waals surface area contributed by atoms with Crippen molar-refractivity contribution < 1.29 is 22.7 Å². The molecule has 1 fully saturated rings. The largest absolute Gasteiger partial charge is 0.464 e. The molecule has 1 N–H and O–H groups in total. The third-order valence-corrected chi connectivity index (χ3v) is 7.44. The second-order valence-corrected chi connectivity index (χ2v) is 9.29. The van der Waals surface area contributed by atoms with Crippen LogP contribution in [0.15, 0.2) is 57.6 Å². The Morgan fingerprint density at radius 1 is 1.09 bits per heavy atom. The van der Waals surface area contributed by atoms with Crippen LogP contribution in [0.4, 0.5) is 13.2 Å². The summed E-state index contributed by atoms with van der Waals surface area (Å²) in [5.41, 5.74) is 0.895. The molecule has 4 rings (SSSR count). The molecule has 2 aliphatic rings. The Morgan fingerprint density at radius 2 is 1.81 bits per heavy atom. The van der Waals surface area contributed by atoms with Crippen molar-refractivity contribution in [3.63, 3.8) is 0 Å². The second-order valence-electron chi connectivity index (χ2n) is 8.18. The Labute approximate surface area is 192 Å². The van der Waals surface area contributed by atoms with Gasteiger partial charge in [-0.1, -0.05) is 44.2 Å². The Balaban J connectivity index is 0.00000141. The molecule has 1 aliphatic carbocycles. The maximum Gasteiger partial charge on any atom is 0.412 e. The first-order chi connectivity index (χ1) is 15.3. The van der Waals surface area contributed by atoms with Crippen LogP contribution in [0.25, 0.3) is 11.0 Å². The van der Waals surface area contributed by atoms with Crippen LogP contribution in [0.3, 0.4) is 0 Å². The van der Waals surface area contributed by atoms with E-state index < -0.39 is 17.4 Å². The van der Waals surface area contributed by atoms with Crippen molar-refractivity contribution in [1.29, 1.82) is 0 Å². The lowest BCUT2D eigenvalue weighted by atomic mass is 9.93. The van der Waals surface area contributed by atoms with Crippen LogP contribution >= 0.6 is 11.8 Å². The molecule has 1 aromatic carbocycles. The molecule has 7 heteroatoms. The fourth-order valence-corrected chi connectivity index (χ4v) is 5.20. The molecule has 0 amide bonds. The van der Waals surface area contributed by atoms with E-state index in [1.165, 1.54) is 23.4 Å². The zero-order valence-electron chi connectivity index (χ0n) is 18.8. The highest BCUT2D eigenvalue weighted by molar-refractivity contribution is 8.03. The zero-order chi connectivity index (χ0) is 23.2. The lowest BCUT2D eigenvalue weighted by Crippen LogP contribution is -2.46. The first-order valence-electron chi connectivity index (χ1n) is 11.3. The Bertz CT molecular complexity index is 940. The molecule has 0 spiro atoms. The summed E-state index contributed by atoms with van der Waals surface area (Å²) in [6.45, 7) is 6.57. The van der Waals surface area contributed by atoms with Gasteiger partial charge in [0.25, 0.3) is 0 Å². The lowest BCUT2D eigenvalue weighted by Gasteiger charge is -2.38. The number of piperidine rings is 1. The van der Waals surface area contributed by atoms with Crippen LogP contribution in [0.1, 0.15) is 45.1 Å². The average molecular weight is 468 g/mol. The van der Waals surface area contributed by atoms with Crippen LogP contribution in [0.2, 0.25) is 0 Å². The maximum absolute atomic E-state index is 12.7. The van der Waals surface area contributed by atoms with Gasteiger partial charge in [-0.2, -0.15) is 13.2 Å². The quantitative estimate of drug-likeness (QED) is 0.511. The molecule has 0 saturated carbocycles. The van der Waals surface area contributed by atoms with Crippen molar-refractivity contribution >= 4 is 22.7 Å². The molecule has 0 unspecified atom stereocenters.